The van der Waals surface area contributed by atoms with Crippen LogP contribution in [0.25, 0.3) is 10.9 Å². The van der Waals surface area contributed by atoms with Crippen LogP contribution in [-0.2, 0) is 18.5 Å². The van der Waals surface area contributed by atoms with Crippen molar-refractivity contribution in [2.24, 2.45) is 0 Å². The van der Waals surface area contributed by atoms with Crippen molar-refractivity contribution in [1.29, 1.82) is 0 Å². The predicted molar refractivity (Wildman–Crippen MR) is 109 cm³/mol. The number of benzene rings is 2. The van der Waals surface area contributed by atoms with Crippen LogP contribution < -0.4 is 10.1 Å². The number of fused-ring (bicyclic) bond motifs is 4. The van der Waals surface area contributed by atoms with Gasteiger partial charge in [0.25, 0.3) is 0 Å². The maximum Gasteiger partial charge on any atom is 0.161 e. The van der Waals surface area contributed by atoms with Crippen molar-refractivity contribution in [3.05, 3.63) is 64.6 Å². The predicted octanol–water partition coefficient (Wildman–Crippen LogP) is 4.23. The van der Waals surface area contributed by atoms with E-state index in [9.17, 15) is 13.2 Å². The first-order valence-electron chi connectivity index (χ1n) is 10.3. The van der Waals surface area contributed by atoms with Gasteiger partial charge in [0.1, 0.15) is 11.6 Å². The highest BCUT2D eigenvalue weighted by atomic mass is 19.2. The number of nitrogens with zero attached hydrogens (tertiary/aromatic N) is 1. The lowest BCUT2D eigenvalue weighted by Crippen LogP contribution is -2.54. The third-order valence-electron chi connectivity index (χ3n) is 6.62. The zero-order chi connectivity index (χ0) is 20.9. The van der Waals surface area contributed by atoms with Gasteiger partial charge in [-0.2, -0.15) is 0 Å². The molecular weight excluding hydrogens is 391 g/mol. The Labute approximate surface area is 173 Å². The lowest BCUT2D eigenvalue weighted by molar-refractivity contribution is 0.120. The Bertz CT molecular complexity index is 1100. The van der Waals surface area contributed by atoms with Crippen LogP contribution in [0.3, 0.4) is 0 Å². The Balaban J connectivity index is 1.38. The Morgan fingerprint density at radius 3 is 2.57 bits per heavy atom. The van der Waals surface area contributed by atoms with E-state index >= 15 is 0 Å². The monoisotopic (exact) mass is 415 g/mol. The van der Waals surface area contributed by atoms with Gasteiger partial charge in [-0.3, -0.25) is 4.90 Å². The lowest BCUT2D eigenvalue weighted by Gasteiger charge is -2.45. The van der Waals surface area contributed by atoms with Gasteiger partial charge in [-0.05, 0) is 49.1 Å². The largest absolute Gasteiger partial charge is 0.497 e. The maximum absolute atomic E-state index is 14.0. The van der Waals surface area contributed by atoms with Crippen LogP contribution in [0.5, 0.6) is 5.75 Å². The molecule has 0 atom stereocenters. The van der Waals surface area contributed by atoms with Gasteiger partial charge in [0.2, 0.25) is 0 Å². The molecule has 30 heavy (non-hydrogen) atoms. The summed E-state index contributed by atoms with van der Waals surface area (Å²) < 4.78 is 46.2. The molecule has 2 aromatic carbocycles. The minimum atomic E-state index is -1.15. The third-order valence-corrected chi connectivity index (χ3v) is 6.62. The quantitative estimate of drug-likeness (QED) is 0.629. The van der Waals surface area contributed by atoms with Crippen LogP contribution in [0.1, 0.15) is 29.7 Å². The summed E-state index contributed by atoms with van der Waals surface area (Å²) >= 11 is 0. The standard InChI is InChI=1S/C23H24F3N3O/c1-30-15-2-3-21-17(11-15)16-4-7-27-23(22(16)28-21)5-8-29(9-6-23)13-14-10-19(25)20(26)12-18(14)24/h2-3,10-12,27-28H,4-9,13H2,1H3. The summed E-state index contributed by atoms with van der Waals surface area (Å²) in [6, 6.07) is 7.70. The number of hydrogen-bond donors (Lipinski definition) is 2. The van der Waals surface area contributed by atoms with Crippen molar-refractivity contribution in [3.63, 3.8) is 0 Å². The summed E-state index contributed by atoms with van der Waals surface area (Å²) in [6.45, 7) is 2.65. The Hall–Kier alpha value is -2.51. The van der Waals surface area contributed by atoms with Gasteiger partial charge < -0.3 is 15.0 Å². The SMILES string of the molecule is COc1ccc2[nH]c3c(c2c1)CCNC31CCN(Cc2cc(F)c(F)cc2F)CC1. The minimum absolute atomic E-state index is 0.150. The smallest absolute Gasteiger partial charge is 0.161 e. The van der Waals surface area contributed by atoms with Crippen LogP contribution in [-0.4, -0.2) is 36.6 Å². The van der Waals surface area contributed by atoms with Crippen molar-refractivity contribution in [1.82, 2.24) is 15.2 Å². The fourth-order valence-electron chi connectivity index (χ4n) is 4.98. The van der Waals surface area contributed by atoms with Gasteiger partial charge in [0.05, 0.1) is 12.6 Å². The molecule has 2 aliphatic heterocycles. The molecule has 0 bridgehead atoms. The molecule has 1 fully saturated rings. The summed E-state index contributed by atoms with van der Waals surface area (Å²) in [6.07, 6.45) is 2.67. The van der Waals surface area contributed by atoms with Crippen molar-refractivity contribution in [3.8, 4) is 5.75 Å². The first-order chi connectivity index (χ1) is 14.5. The van der Waals surface area contributed by atoms with Crippen LogP contribution in [0.15, 0.2) is 30.3 Å². The normalized spacial score (nSPS) is 18.7. The van der Waals surface area contributed by atoms with E-state index in [1.165, 1.54) is 16.6 Å². The number of methoxy groups -OCH3 is 1. The van der Waals surface area contributed by atoms with Crippen LogP contribution in [0.2, 0.25) is 0 Å². The van der Waals surface area contributed by atoms with Gasteiger partial charge >= 0.3 is 0 Å². The maximum atomic E-state index is 14.0. The number of halogens is 3. The van der Waals surface area contributed by atoms with E-state index in [1.54, 1.807) is 7.11 Å². The van der Waals surface area contributed by atoms with Gasteiger partial charge in [0.15, 0.2) is 11.6 Å². The molecule has 7 heteroatoms. The second-order valence-corrected chi connectivity index (χ2v) is 8.28. The number of H-pyrrole nitrogens is 1. The molecule has 158 valence electrons. The molecule has 1 aromatic heterocycles. The lowest BCUT2D eigenvalue weighted by atomic mass is 9.79. The molecule has 5 rings (SSSR count). The summed E-state index contributed by atoms with van der Waals surface area (Å²) in [4.78, 5) is 5.73. The van der Waals surface area contributed by atoms with Crippen LogP contribution in [0, 0.1) is 17.5 Å². The second-order valence-electron chi connectivity index (χ2n) is 8.28. The molecule has 3 aromatic rings. The molecule has 2 aliphatic rings. The zero-order valence-electron chi connectivity index (χ0n) is 16.8. The van der Waals surface area contributed by atoms with Crippen molar-refractivity contribution >= 4 is 10.9 Å². The molecule has 0 aliphatic carbocycles. The fraction of sp³-hybridized carbons (Fsp3) is 0.391. The number of rotatable bonds is 3. The molecule has 4 nitrogen and oxygen atoms in total. The van der Waals surface area contributed by atoms with E-state index in [1.807, 2.05) is 6.07 Å². The van der Waals surface area contributed by atoms with E-state index in [-0.39, 0.29) is 17.6 Å². The topological polar surface area (TPSA) is 40.3 Å². The van der Waals surface area contributed by atoms with Crippen molar-refractivity contribution in [2.45, 2.75) is 31.3 Å². The molecule has 2 N–H and O–H groups in total. The van der Waals surface area contributed by atoms with E-state index < -0.39 is 17.5 Å². The number of ether oxygens (including phenoxy) is 1. The van der Waals surface area contributed by atoms with E-state index in [0.29, 0.717) is 6.07 Å². The number of nitrogens with one attached hydrogen (secondary N) is 2. The summed E-state index contributed by atoms with van der Waals surface area (Å²) in [5.74, 6) is -2.01. The highest BCUT2D eigenvalue weighted by Gasteiger charge is 2.41. The van der Waals surface area contributed by atoms with Gasteiger partial charge in [-0.15, -0.1) is 0 Å². The van der Waals surface area contributed by atoms with E-state index in [2.05, 4.69) is 27.3 Å². The molecule has 3 heterocycles. The molecule has 0 unspecified atom stereocenters. The number of aromatic nitrogens is 1. The summed E-state index contributed by atoms with van der Waals surface area (Å²) in [5, 5.41) is 4.92. The first-order valence-corrected chi connectivity index (χ1v) is 10.3. The Morgan fingerprint density at radius 2 is 1.80 bits per heavy atom. The Morgan fingerprint density at radius 1 is 1.03 bits per heavy atom. The number of likely N-dealkylation sites (tertiary alicyclic amines) is 1. The average molecular weight is 415 g/mol. The molecule has 1 spiro atoms. The molecule has 0 amide bonds. The van der Waals surface area contributed by atoms with E-state index in [4.69, 9.17) is 4.74 Å². The first kappa shape index (κ1) is 19.5. The summed E-state index contributed by atoms with van der Waals surface area (Å²) in [7, 11) is 1.68. The minimum Gasteiger partial charge on any atom is -0.497 e. The Kier molecular flexibility index (Phi) is 4.75. The van der Waals surface area contributed by atoms with Gasteiger partial charge in [-0.25, -0.2) is 13.2 Å². The summed E-state index contributed by atoms with van der Waals surface area (Å²) in [5.41, 5.74) is 3.72. The van der Waals surface area contributed by atoms with Crippen LogP contribution in [0.4, 0.5) is 13.2 Å². The molecule has 0 saturated carbocycles. The molecular formula is C23H24F3N3O. The van der Waals surface area contributed by atoms with Crippen molar-refractivity contribution < 1.29 is 17.9 Å². The van der Waals surface area contributed by atoms with Crippen molar-refractivity contribution in [2.75, 3.05) is 26.7 Å². The number of aromatic amines is 1. The molecule has 0 radical (unpaired) electrons. The number of piperidine rings is 1. The third kappa shape index (κ3) is 3.17. The fourth-order valence-corrected chi connectivity index (χ4v) is 4.98. The highest BCUT2D eigenvalue weighted by molar-refractivity contribution is 5.86. The van der Waals surface area contributed by atoms with E-state index in [0.717, 1.165) is 56.2 Å². The van der Waals surface area contributed by atoms with Crippen LogP contribution >= 0.6 is 0 Å². The second kappa shape index (κ2) is 7.32. The zero-order valence-corrected chi connectivity index (χ0v) is 16.8. The van der Waals surface area contributed by atoms with Gasteiger partial charge in [0, 0.05) is 54.4 Å². The number of hydrogen-bond acceptors (Lipinski definition) is 3. The average Bonchev–Trinajstić information content (AvgIpc) is 3.13. The van der Waals surface area contributed by atoms with Gasteiger partial charge in [-0.1, -0.05) is 0 Å². The molecule has 1 saturated heterocycles. The highest BCUT2D eigenvalue weighted by Crippen LogP contribution is 2.41.